The van der Waals surface area contributed by atoms with Crippen LogP contribution < -0.4 is 9.80 Å². The lowest BCUT2D eigenvalue weighted by Crippen LogP contribution is -2.22. The average Bonchev–Trinajstić information content (AvgIpc) is 3.86. The van der Waals surface area contributed by atoms with E-state index in [0.717, 1.165) is 42.2 Å². The number of ketones is 2. The first kappa shape index (κ1) is 27.1. The maximum Gasteiger partial charge on any atom is 0.198 e. The van der Waals surface area contributed by atoms with Crippen molar-refractivity contribution in [3.05, 3.63) is 144 Å². The third kappa shape index (κ3) is 4.00. The van der Waals surface area contributed by atoms with E-state index in [1.807, 2.05) is 119 Å². The number of aromatic nitrogens is 4. The lowest BCUT2D eigenvalue weighted by Gasteiger charge is -2.20. The third-order valence-corrected chi connectivity index (χ3v) is 10.7. The summed E-state index contributed by atoms with van der Waals surface area (Å²) in [5.41, 5.74) is 4.10. The molecule has 8 nitrogen and oxygen atoms in total. The molecule has 0 amide bonds. The molecule has 226 valence electrons. The number of hydrogen-bond donors (Lipinski definition) is 0. The zero-order chi connectivity index (χ0) is 31.9. The van der Waals surface area contributed by atoms with Gasteiger partial charge in [0.05, 0.1) is 37.0 Å². The number of nitrogens with zero attached hydrogens (tertiary/aromatic N) is 6. The van der Waals surface area contributed by atoms with Crippen LogP contribution >= 0.6 is 22.7 Å². The molecule has 0 saturated heterocycles. The van der Waals surface area contributed by atoms with Gasteiger partial charge >= 0.3 is 0 Å². The van der Waals surface area contributed by atoms with Crippen LogP contribution in [-0.2, 0) is 0 Å². The molecule has 0 atom stereocenters. The molecule has 1 aliphatic heterocycles. The van der Waals surface area contributed by atoms with Crippen LogP contribution in [0.1, 0.15) is 20.7 Å². The molecule has 1 aliphatic carbocycles. The second-order valence-electron chi connectivity index (χ2n) is 11.5. The Morgan fingerprint density at radius 1 is 0.500 bits per heavy atom. The number of para-hydroxylation sites is 4. The standard InChI is InChI=1S/C38H20N6O2S2/c45-33-23(34(46)25-20-22-10-2-1-9-21(22)19-24(25)33)17-18-32-43(37-41-28-13-5-7-15-30(28)47-37)35-36(40-27-12-4-3-11-26(27)39-35)44(32)38-42-29-14-6-8-16-31(29)48-38/h1-20H. The van der Waals surface area contributed by atoms with Crippen molar-refractivity contribution < 1.29 is 9.59 Å². The second kappa shape index (κ2) is 10.2. The summed E-state index contributed by atoms with van der Waals surface area (Å²) in [6.45, 7) is 0. The topological polar surface area (TPSA) is 92.2 Å². The summed E-state index contributed by atoms with van der Waals surface area (Å²) in [7, 11) is 0. The molecule has 8 aromatic rings. The fraction of sp³-hybridized carbons (Fsp3) is 0. The number of hydrogen-bond acceptors (Lipinski definition) is 10. The Morgan fingerprint density at radius 2 is 0.938 bits per heavy atom. The van der Waals surface area contributed by atoms with Crippen molar-refractivity contribution in [2.45, 2.75) is 0 Å². The largest absolute Gasteiger partial charge is 0.288 e. The number of allylic oxidation sites excluding steroid dienone is 3. The Balaban J connectivity index is 1.22. The Hall–Kier alpha value is -6.10. The molecular weight excluding hydrogens is 637 g/mol. The van der Waals surface area contributed by atoms with Crippen LogP contribution in [0.15, 0.2) is 133 Å². The van der Waals surface area contributed by atoms with Crippen LogP contribution in [0.2, 0.25) is 0 Å². The highest BCUT2D eigenvalue weighted by molar-refractivity contribution is 7.22. The van der Waals surface area contributed by atoms with Crippen molar-refractivity contribution >= 4 is 98.4 Å². The Kier molecular flexibility index (Phi) is 5.75. The minimum atomic E-state index is -0.298. The monoisotopic (exact) mass is 656 g/mol. The quantitative estimate of drug-likeness (QED) is 0.137. The minimum absolute atomic E-state index is 0.100. The Bertz CT molecular complexity index is 2520. The first-order valence-corrected chi connectivity index (χ1v) is 16.9. The SMILES string of the molecule is O=C1C(=CC=C2N(c3nc4ccccc4s3)c3nc4ccccc4nc3N2c2nc3ccccc3s2)C(=O)c2cc3ccccc3cc21. The predicted octanol–water partition coefficient (Wildman–Crippen LogP) is 9.14. The molecular formula is C38H20N6O2S2. The van der Waals surface area contributed by atoms with Gasteiger partial charge in [0, 0.05) is 11.1 Å². The van der Waals surface area contributed by atoms with Gasteiger partial charge in [0.2, 0.25) is 0 Å². The number of carbonyl (C=O) groups is 2. The number of carbonyl (C=O) groups excluding carboxylic acids is 2. The predicted molar refractivity (Wildman–Crippen MR) is 192 cm³/mol. The molecule has 0 unspecified atom stereocenters. The fourth-order valence-corrected chi connectivity index (χ4v) is 8.31. The molecule has 2 aliphatic rings. The van der Waals surface area contributed by atoms with Crippen molar-refractivity contribution in [1.82, 2.24) is 19.9 Å². The normalized spacial score (nSPS) is 14.2. The van der Waals surface area contributed by atoms with Gasteiger partial charge in [-0.3, -0.25) is 19.4 Å². The van der Waals surface area contributed by atoms with E-state index in [1.54, 1.807) is 12.2 Å². The van der Waals surface area contributed by atoms with Crippen LogP contribution in [0.4, 0.5) is 21.9 Å². The van der Waals surface area contributed by atoms with Gasteiger partial charge in [0.25, 0.3) is 0 Å². The highest BCUT2D eigenvalue weighted by atomic mass is 32.1. The molecule has 4 heterocycles. The summed E-state index contributed by atoms with van der Waals surface area (Å²) in [5, 5.41) is 3.18. The van der Waals surface area contributed by atoms with Crippen LogP contribution in [0.25, 0.3) is 42.2 Å². The van der Waals surface area contributed by atoms with Crippen LogP contribution in [0, 0.1) is 0 Å². The van der Waals surface area contributed by atoms with Gasteiger partial charge in [-0.05, 0) is 71.5 Å². The Morgan fingerprint density at radius 3 is 1.42 bits per heavy atom. The number of fused-ring (bicyclic) bond motifs is 6. The van der Waals surface area contributed by atoms with E-state index in [1.165, 1.54) is 22.7 Å². The molecule has 3 aromatic heterocycles. The molecule has 5 aromatic carbocycles. The highest BCUT2D eigenvalue weighted by Gasteiger charge is 2.40. The lowest BCUT2D eigenvalue weighted by atomic mass is 10.0. The number of benzene rings is 5. The summed E-state index contributed by atoms with van der Waals surface area (Å²) in [5.74, 6) is 1.17. The summed E-state index contributed by atoms with van der Waals surface area (Å²) in [6.07, 6.45) is 3.42. The van der Waals surface area contributed by atoms with E-state index < -0.39 is 0 Å². The first-order chi connectivity index (χ1) is 23.6. The first-order valence-electron chi connectivity index (χ1n) is 15.2. The third-order valence-electron chi connectivity index (χ3n) is 8.63. The van der Waals surface area contributed by atoms with Crippen molar-refractivity contribution in [3.8, 4) is 0 Å². The molecule has 0 spiro atoms. The maximum atomic E-state index is 13.8. The highest BCUT2D eigenvalue weighted by Crippen LogP contribution is 2.51. The van der Waals surface area contributed by atoms with E-state index in [4.69, 9.17) is 19.9 Å². The Labute approximate surface area is 280 Å². The number of rotatable bonds is 3. The summed E-state index contributed by atoms with van der Waals surface area (Å²) >= 11 is 3.06. The fourth-order valence-electron chi connectivity index (χ4n) is 6.35. The van der Waals surface area contributed by atoms with Gasteiger partial charge in [-0.2, -0.15) is 0 Å². The second-order valence-corrected chi connectivity index (χ2v) is 13.5. The maximum absolute atomic E-state index is 13.8. The van der Waals surface area contributed by atoms with E-state index in [2.05, 4.69) is 0 Å². The summed E-state index contributed by atoms with van der Waals surface area (Å²) < 4.78 is 2.03. The molecule has 0 N–H and O–H groups in total. The number of anilines is 4. The van der Waals surface area contributed by atoms with Gasteiger partial charge < -0.3 is 0 Å². The molecule has 0 fully saturated rings. The summed E-state index contributed by atoms with van der Waals surface area (Å²) in [6, 6.07) is 35.0. The van der Waals surface area contributed by atoms with Gasteiger partial charge in [-0.15, -0.1) is 0 Å². The smallest absolute Gasteiger partial charge is 0.198 e. The molecule has 0 bridgehead atoms. The van der Waals surface area contributed by atoms with Crippen molar-refractivity contribution in [2.75, 3.05) is 9.80 Å². The number of thiazole rings is 2. The lowest BCUT2D eigenvalue weighted by molar-refractivity contribution is 0.0988. The zero-order valence-corrected chi connectivity index (χ0v) is 26.5. The minimum Gasteiger partial charge on any atom is -0.288 e. The summed E-state index contributed by atoms with van der Waals surface area (Å²) in [4.78, 5) is 51.7. The molecule has 48 heavy (non-hydrogen) atoms. The van der Waals surface area contributed by atoms with Crippen molar-refractivity contribution in [1.29, 1.82) is 0 Å². The van der Waals surface area contributed by atoms with E-state index in [0.29, 0.717) is 38.8 Å². The molecule has 0 saturated carbocycles. The van der Waals surface area contributed by atoms with Crippen LogP contribution in [0.3, 0.4) is 0 Å². The van der Waals surface area contributed by atoms with Crippen molar-refractivity contribution in [2.24, 2.45) is 0 Å². The van der Waals surface area contributed by atoms with Crippen LogP contribution in [-0.4, -0.2) is 31.5 Å². The molecule has 10 heteroatoms. The van der Waals surface area contributed by atoms with Gasteiger partial charge in [0.15, 0.2) is 33.5 Å². The van der Waals surface area contributed by atoms with Gasteiger partial charge in [-0.25, -0.2) is 19.9 Å². The van der Waals surface area contributed by atoms with Crippen molar-refractivity contribution in [3.63, 3.8) is 0 Å². The average molecular weight is 657 g/mol. The van der Waals surface area contributed by atoms with Gasteiger partial charge in [0.1, 0.15) is 5.82 Å². The van der Waals surface area contributed by atoms with Crippen LogP contribution in [0.5, 0.6) is 0 Å². The molecule has 0 radical (unpaired) electrons. The van der Waals surface area contributed by atoms with E-state index in [9.17, 15) is 9.59 Å². The zero-order valence-electron chi connectivity index (χ0n) is 24.9. The van der Waals surface area contributed by atoms with E-state index in [-0.39, 0.29) is 17.1 Å². The molecule has 10 rings (SSSR count). The number of Topliss-reactive ketones (excluding diaryl/α,β-unsaturated/α-hetero) is 2. The van der Waals surface area contributed by atoms with E-state index >= 15 is 0 Å². The van der Waals surface area contributed by atoms with Gasteiger partial charge in [-0.1, -0.05) is 83.3 Å².